The highest BCUT2D eigenvalue weighted by molar-refractivity contribution is 6.08. The second-order valence-corrected chi connectivity index (χ2v) is 8.78. The number of aryl methyl sites for hydroxylation is 1. The fourth-order valence-corrected chi connectivity index (χ4v) is 4.76. The first-order valence-electron chi connectivity index (χ1n) is 11.6. The van der Waals surface area contributed by atoms with E-state index in [1.165, 1.54) is 10.6 Å². The number of hydrogen-bond donors (Lipinski definition) is 3. The second-order valence-electron chi connectivity index (χ2n) is 8.78. The Bertz CT molecular complexity index is 1800. The predicted octanol–water partition coefficient (Wildman–Crippen LogP) is 3.07. The van der Waals surface area contributed by atoms with Crippen molar-refractivity contribution in [2.24, 2.45) is 0 Å². The van der Waals surface area contributed by atoms with Crippen LogP contribution in [0.4, 0.5) is 5.69 Å². The molecule has 0 spiro atoms. The Morgan fingerprint density at radius 3 is 2.81 bits per heavy atom. The number of carbonyl (C=O) groups is 3. The number of nitrogens with zero attached hydrogens (tertiary/aromatic N) is 3. The summed E-state index contributed by atoms with van der Waals surface area (Å²) >= 11 is 0. The van der Waals surface area contributed by atoms with Crippen molar-refractivity contribution in [3.63, 3.8) is 0 Å². The van der Waals surface area contributed by atoms with E-state index in [4.69, 9.17) is 4.52 Å². The van der Waals surface area contributed by atoms with Crippen LogP contribution in [-0.2, 0) is 9.59 Å². The number of rotatable bonds is 4. The third-order valence-electron chi connectivity index (χ3n) is 6.48. The van der Waals surface area contributed by atoms with E-state index in [1.54, 1.807) is 25.1 Å². The molecule has 3 amide bonds. The lowest BCUT2D eigenvalue weighted by Gasteiger charge is -2.24. The first-order chi connectivity index (χ1) is 17.9. The summed E-state index contributed by atoms with van der Waals surface area (Å²) < 4.78 is 6.59. The number of hydrogen-bond acceptors (Lipinski definition) is 7. The number of benzene rings is 2. The van der Waals surface area contributed by atoms with Crippen LogP contribution in [0.3, 0.4) is 0 Å². The van der Waals surface area contributed by atoms with E-state index in [-0.39, 0.29) is 35.6 Å². The summed E-state index contributed by atoms with van der Waals surface area (Å²) in [5.41, 5.74) is 2.31. The van der Waals surface area contributed by atoms with Crippen LogP contribution in [0.25, 0.3) is 33.1 Å². The van der Waals surface area contributed by atoms with Gasteiger partial charge in [0, 0.05) is 35.2 Å². The highest BCUT2D eigenvalue weighted by Gasteiger charge is 2.31. The van der Waals surface area contributed by atoms with Crippen LogP contribution in [0, 0.1) is 6.92 Å². The van der Waals surface area contributed by atoms with Crippen LogP contribution >= 0.6 is 0 Å². The summed E-state index contributed by atoms with van der Waals surface area (Å²) in [7, 11) is 0. The third kappa shape index (κ3) is 3.77. The summed E-state index contributed by atoms with van der Waals surface area (Å²) in [5, 5.41) is 10.1. The summed E-state index contributed by atoms with van der Waals surface area (Å²) in [6.45, 7) is 1.62. The van der Waals surface area contributed by atoms with Gasteiger partial charge in [0.05, 0.1) is 16.6 Å². The van der Waals surface area contributed by atoms with E-state index < -0.39 is 23.4 Å². The van der Waals surface area contributed by atoms with Crippen molar-refractivity contribution in [2.75, 3.05) is 5.32 Å². The minimum Gasteiger partial charge on any atom is -0.361 e. The number of aromatic amines is 1. The lowest BCUT2D eigenvalue weighted by Crippen LogP contribution is -2.45. The number of H-pyrrole nitrogens is 1. The standard InChI is InChI=1S/C26H20N6O5/c1-13-28-17-6-3-7-18(23(17)26(36)32(13)20-8-9-22(33)30-24(20)34)29-25(35)21-12-19(31-37-21)14-4-2-5-16-15(14)10-11-27-16/h2-7,10-12,20,27H,8-9H2,1H3,(H,29,35)(H,30,33,34). The number of anilines is 1. The molecule has 0 bridgehead atoms. The van der Waals surface area contributed by atoms with Crippen LogP contribution in [0.1, 0.15) is 35.3 Å². The monoisotopic (exact) mass is 496 g/mol. The van der Waals surface area contributed by atoms with Crippen LogP contribution in [0.5, 0.6) is 0 Å². The molecule has 6 rings (SSSR count). The summed E-state index contributed by atoms with van der Waals surface area (Å²) in [6, 6.07) is 13.2. The normalized spacial score (nSPS) is 15.8. The van der Waals surface area contributed by atoms with E-state index in [0.29, 0.717) is 17.0 Å². The summed E-state index contributed by atoms with van der Waals surface area (Å²) in [4.78, 5) is 58.3. The minimum absolute atomic E-state index is 0.0369. The molecule has 0 aliphatic carbocycles. The largest absolute Gasteiger partial charge is 0.361 e. The number of carbonyl (C=O) groups excluding carboxylic acids is 3. The Labute approximate surface area is 208 Å². The molecule has 0 radical (unpaired) electrons. The van der Waals surface area contributed by atoms with Crippen LogP contribution in [-0.4, -0.2) is 37.4 Å². The van der Waals surface area contributed by atoms with Crippen LogP contribution in [0.2, 0.25) is 0 Å². The molecule has 4 heterocycles. The number of aromatic nitrogens is 4. The van der Waals surface area contributed by atoms with Gasteiger partial charge < -0.3 is 14.8 Å². The molecule has 1 aliphatic heterocycles. The van der Waals surface area contributed by atoms with Gasteiger partial charge in [-0.2, -0.15) is 0 Å². The second kappa shape index (κ2) is 8.55. The van der Waals surface area contributed by atoms with E-state index in [1.807, 2.05) is 30.5 Å². The molecule has 11 heteroatoms. The number of nitrogens with one attached hydrogen (secondary N) is 3. The van der Waals surface area contributed by atoms with E-state index in [2.05, 4.69) is 25.8 Å². The average molecular weight is 496 g/mol. The van der Waals surface area contributed by atoms with Gasteiger partial charge >= 0.3 is 0 Å². The quantitative estimate of drug-likeness (QED) is 0.323. The predicted molar refractivity (Wildman–Crippen MR) is 134 cm³/mol. The number of amides is 3. The Morgan fingerprint density at radius 1 is 1.14 bits per heavy atom. The van der Waals surface area contributed by atoms with Gasteiger partial charge in [-0.3, -0.25) is 29.1 Å². The molecule has 1 unspecified atom stereocenters. The zero-order chi connectivity index (χ0) is 25.7. The summed E-state index contributed by atoms with van der Waals surface area (Å²) in [6.07, 6.45) is 2.12. The molecule has 1 fully saturated rings. The van der Waals surface area contributed by atoms with Gasteiger partial charge in [-0.25, -0.2) is 4.98 Å². The Kier molecular flexibility index (Phi) is 5.18. The van der Waals surface area contributed by atoms with E-state index in [0.717, 1.165) is 16.5 Å². The fourth-order valence-electron chi connectivity index (χ4n) is 4.76. The molecule has 1 aliphatic rings. The molecule has 2 aromatic carbocycles. The van der Waals surface area contributed by atoms with E-state index >= 15 is 0 Å². The first kappa shape index (κ1) is 22.4. The lowest BCUT2D eigenvalue weighted by atomic mass is 10.1. The van der Waals surface area contributed by atoms with Gasteiger partial charge in [-0.1, -0.05) is 23.4 Å². The van der Waals surface area contributed by atoms with Gasteiger partial charge in [0.1, 0.15) is 17.6 Å². The van der Waals surface area contributed by atoms with Crippen molar-refractivity contribution in [2.45, 2.75) is 25.8 Å². The smallest absolute Gasteiger partial charge is 0.294 e. The molecular formula is C26H20N6O5. The zero-order valence-electron chi connectivity index (χ0n) is 19.6. The summed E-state index contributed by atoms with van der Waals surface area (Å²) in [5.74, 6) is -1.25. The van der Waals surface area contributed by atoms with E-state index in [9.17, 15) is 19.2 Å². The highest BCUT2D eigenvalue weighted by atomic mass is 16.5. The van der Waals surface area contributed by atoms with Crippen LogP contribution < -0.4 is 16.2 Å². The van der Waals surface area contributed by atoms with Gasteiger partial charge in [0.25, 0.3) is 11.5 Å². The Balaban J connectivity index is 1.36. The maximum Gasteiger partial charge on any atom is 0.294 e. The highest BCUT2D eigenvalue weighted by Crippen LogP contribution is 2.28. The van der Waals surface area contributed by atoms with Crippen molar-refractivity contribution >= 4 is 45.2 Å². The molecule has 3 aromatic heterocycles. The molecule has 5 aromatic rings. The number of fused-ring (bicyclic) bond motifs is 2. The van der Waals surface area contributed by atoms with Crippen molar-refractivity contribution in [1.82, 2.24) is 25.0 Å². The molecule has 11 nitrogen and oxygen atoms in total. The van der Waals surface area contributed by atoms with Gasteiger partial charge in [-0.05, 0) is 37.6 Å². The maximum absolute atomic E-state index is 13.6. The van der Waals surface area contributed by atoms with Crippen molar-refractivity contribution in [1.29, 1.82) is 0 Å². The van der Waals surface area contributed by atoms with Crippen molar-refractivity contribution < 1.29 is 18.9 Å². The van der Waals surface area contributed by atoms with Gasteiger partial charge in [0.2, 0.25) is 17.6 Å². The molecule has 0 saturated carbocycles. The fraction of sp³-hybridized carbons (Fsp3) is 0.154. The molecule has 37 heavy (non-hydrogen) atoms. The lowest BCUT2D eigenvalue weighted by molar-refractivity contribution is -0.135. The maximum atomic E-state index is 13.6. The molecule has 1 saturated heterocycles. The van der Waals surface area contributed by atoms with Gasteiger partial charge in [-0.15, -0.1) is 0 Å². The first-order valence-corrected chi connectivity index (χ1v) is 11.6. The minimum atomic E-state index is -0.876. The molecule has 1 atom stereocenters. The molecule has 184 valence electrons. The SMILES string of the molecule is Cc1nc2cccc(NC(=O)c3cc(-c4cccc5[nH]ccc45)no3)c2c(=O)n1C1CCC(=O)NC1=O. The van der Waals surface area contributed by atoms with Crippen LogP contribution in [0.15, 0.2) is 64.0 Å². The Hall–Kier alpha value is -5.06. The van der Waals surface area contributed by atoms with Gasteiger partial charge in [0.15, 0.2) is 0 Å². The van der Waals surface area contributed by atoms with Crippen molar-refractivity contribution in [3.8, 4) is 11.3 Å². The topological polar surface area (TPSA) is 152 Å². The number of piperidine rings is 1. The average Bonchev–Trinajstić information content (AvgIpc) is 3.55. The van der Waals surface area contributed by atoms with Crippen molar-refractivity contribution in [3.05, 3.63) is 76.7 Å². The molecule has 3 N–H and O–H groups in total. The third-order valence-corrected chi connectivity index (χ3v) is 6.48. The number of imide groups is 1. The Morgan fingerprint density at radius 2 is 1.97 bits per heavy atom. The zero-order valence-corrected chi connectivity index (χ0v) is 19.6. The molecular weight excluding hydrogens is 476 g/mol.